The summed E-state index contributed by atoms with van der Waals surface area (Å²) >= 11 is 0. The number of carbonyl (C=O) groups excluding carboxylic acids is 1. The van der Waals surface area contributed by atoms with Crippen molar-refractivity contribution < 1.29 is 4.79 Å². The lowest BCUT2D eigenvalue weighted by molar-refractivity contribution is -0.131. The van der Waals surface area contributed by atoms with Gasteiger partial charge in [0, 0.05) is 14.1 Å². The molecule has 1 N–H and O–H groups in total. The van der Waals surface area contributed by atoms with Crippen LogP contribution in [0, 0.1) is 5.92 Å². The fourth-order valence-corrected chi connectivity index (χ4v) is 1.02. The van der Waals surface area contributed by atoms with Gasteiger partial charge in [0.15, 0.2) is 0 Å². The van der Waals surface area contributed by atoms with Gasteiger partial charge in [0.05, 0.1) is 6.04 Å². The van der Waals surface area contributed by atoms with Crippen molar-refractivity contribution in [2.24, 2.45) is 5.92 Å². The molecule has 1 atom stereocenters. The predicted octanol–water partition coefficient (Wildman–Crippen LogP) is 1.34. The highest BCUT2D eigenvalue weighted by Crippen LogP contribution is 2.02. The van der Waals surface area contributed by atoms with Crippen LogP contribution in [0.5, 0.6) is 0 Å². The number of hydrogen-bond acceptors (Lipinski definition) is 2. The van der Waals surface area contributed by atoms with Crippen LogP contribution in [0.15, 0.2) is 0 Å². The van der Waals surface area contributed by atoms with E-state index in [9.17, 15) is 4.79 Å². The number of rotatable bonds is 3. The van der Waals surface area contributed by atoms with Crippen molar-refractivity contribution in [1.82, 2.24) is 10.2 Å². The molecule has 13 heavy (non-hydrogen) atoms. The Labute approximate surface area is 82.5 Å². The highest BCUT2D eigenvalue weighted by molar-refractivity contribution is 5.81. The van der Waals surface area contributed by atoms with E-state index in [1.165, 1.54) is 0 Å². The van der Waals surface area contributed by atoms with Crippen molar-refractivity contribution in [1.29, 1.82) is 0 Å². The lowest BCUT2D eigenvalue weighted by atomic mass is 10.0. The van der Waals surface area contributed by atoms with Crippen LogP contribution >= 0.6 is 0 Å². The molecule has 80 valence electrons. The zero-order valence-electron chi connectivity index (χ0n) is 10.0. The van der Waals surface area contributed by atoms with Crippen LogP contribution in [-0.4, -0.2) is 38.0 Å². The Balaban J connectivity index is 0. The van der Waals surface area contributed by atoms with Crippen LogP contribution in [0.3, 0.4) is 0 Å². The molecule has 0 radical (unpaired) electrons. The fraction of sp³-hybridized carbons (Fsp3) is 0.900. The van der Waals surface area contributed by atoms with Gasteiger partial charge >= 0.3 is 0 Å². The molecule has 0 aromatic heterocycles. The minimum Gasteiger partial charge on any atom is -0.347 e. The van der Waals surface area contributed by atoms with Gasteiger partial charge in [-0.3, -0.25) is 4.79 Å². The zero-order chi connectivity index (χ0) is 11.0. The monoisotopic (exact) mass is 188 g/mol. The molecule has 1 amide bonds. The molecule has 0 saturated carbocycles. The normalized spacial score (nSPS) is 11.7. The first-order chi connectivity index (χ1) is 6.00. The molecule has 0 saturated heterocycles. The average molecular weight is 188 g/mol. The zero-order valence-corrected chi connectivity index (χ0v) is 10.0. The summed E-state index contributed by atoms with van der Waals surface area (Å²) in [6.07, 6.45) is 0. The summed E-state index contributed by atoms with van der Waals surface area (Å²) in [6.45, 7) is 8.06. The van der Waals surface area contributed by atoms with E-state index in [-0.39, 0.29) is 11.9 Å². The maximum absolute atomic E-state index is 11.4. The molecular weight excluding hydrogens is 164 g/mol. The number of hydrogen-bond donors (Lipinski definition) is 1. The summed E-state index contributed by atoms with van der Waals surface area (Å²) in [5, 5.41) is 2.99. The van der Waals surface area contributed by atoms with Gasteiger partial charge in [-0.15, -0.1) is 0 Å². The van der Waals surface area contributed by atoms with Crippen molar-refractivity contribution in [2.45, 2.75) is 33.7 Å². The van der Waals surface area contributed by atoms with Crippen LogP contribution in [0.4, 0.5) is 0 Å². The second-order valence-corrected chi connectivity index (χ2v) is 3.24. The number of likely N-dealkylation sites (N-methyl/N-ethyl adjacent to an activating group) is 2. The quantitative estimate of drug-likeness (QED) is 0.725. The van der Waals surface area contributed by atoms with E-state index < -0.39 is 0 Å². The van der Waals surface area contributed by atoms with E-state index in [0.717, 1.165) is 0 Å². The summed E-state index contributed by atoms with van der Waals surface area (Å²) in [4.78, 5) is 13.0. The molecule has 3 heteroatoms. The van der Waals surface area contributed by atoms with Gasteiger partial charge in [-0.05, 0) is 13.0 Å². The largest absolute Gasteiger partial charge is 0.347 e. The minimum atomic E-state index is -0.0509. The SMILES string of the molecule is CC.CNC(C(=O)N(C)C)C(C)C. The Morgan fingerprint density at radius 2 is 1.62 bits per heavy atom. The van der Waals surface area contributed by atoms with Gasteiger partial charge in [0.1, 0.15) is 0 Å². The summed E-state index contributed by atoms with van der Waals surface area (Å²) in [6, 6.07) is -0.0509. The summed E-state index contributed by atoms with van der Waals surface area (Å²) in [7, 11) is 5.36. The Morgan fingerprint density at radius 1 is 1.23 bits per heavy atom. The van der Waals surface area contributed by atoms with E-state index >= 15 is 0 Å². The third-order valence-corrected chi connectivity index (χ3v) is 1.68. The van der Waals surface area contributed by atoms with Gasteiger partial charge < -0.3 is 10.2 Å². The predicted molar refractivity (Wildman–Crippen MR) is 57.7 cm³/mol. The third kappa shape index (κ3) is 5.64. The van der Waals surface area contributed by atoms with Crippen molar-refractivity contribution in [3.05, 3.63) is 0 Å². The molecule has 3 nitrogen and oxygen atoms in total. The summed E-state index contributed by atoms with van der Waals surface area (Å²) in [5.41, 5.74) is 0. The van der Waals surface area contributed by atoms with Crippen LogP contribution in [0.25, 0.3) is 0 Å². The van der Waals surface area contributed by atoms with Gasteiger partial charge in [0.25, 0.3) is 0 Å². The Morgan fingerprint density at radius 3 is 1.69 bits per heavy atom. The van der Waals surface area contributed by atoms with Crippen molar-refractivity contribution in [3.63, 3.8) is 0 Å². The standard InChI is InChI=1S/C8H18N2O.C2H6/c1-6(2)7(9-3)8(11)10(4)5;1-2/h6-7,9H,1-5H3;1-2H3. The molecule has 1 unspecified atom stereocenters. The van der Waals surface area contributed by atoms with Crippen molar-refractivity contribution >= 4 is 5.91 Å². The molecule has 0 heterocycles. The minimum absolute atomic E-state index is 0.0509. The third-order valence-electron chi connectivity index (χ3n) is 1.68. The fourth-order valence-electron chi connectivity index (χ4n) is 1.02. The lowest BCUT2D eigenvalue weighted by Gasteiger charge is -2.22. The highest BCUT2D eigenvalue weighted by atomic mass is 16.2. The molecule has 0 aliphatic carbocycles. The second-order valence-electron chi connectivity index (χ2n) is 3.24. The summed E-state index contributed by atoms with van der Waals surface area (Å²) < 4.78 is 0. The Bertz CT molecular complexity index is 133. The first-order valence-electron chi connectivity index (χ1n) is 4.89. The Kier molecular flexibility index (Phi) is 9.24. The van der Waals surface area contributed by atoms with E-state index in [0.29, 0.717) is 5.92 Å². The van der Waals surface area contributed by atoms with Crippen LogP contribution in [0.2, 0.25) is 0 Å². The van der Waals surface area contributed by atoms with E-state index in [2.05, 4.69) is 5.32 Å². The number of nitrogens with one attached hydrogen (secondary N) is 1. The Hall–Kier alpha value is -0.570. The topological polar surface area (TPSA) is 32.3 Å². The average Bonchev–Trinajstić information content (AvgIpc) is 2.08. The number of nitrogens with zero attached hydrogens (tertiary/aromatic N) is 1. The maximum Gasteiger partial charge on any atom is 0.239 e. The van der Waals surface area contributed by atoms with Gasteiger partial charge in [-0.1, -0.05) is 27.7 Å². The smallest absolute Gasteiger partial charge is 0.239 e. The molecule has 0 aromatic carbocycles. The summed E-state index contributed by atoms with van der Waals surface area (Å²) in [5.74, 6) is 0.484. The number of amides is 1. The highest BCUT2D eigenvalue weighted by Gasteiger charge is 2.20. The van der Waals surface area contributed by atoms with Crippen molar-refractivity contribution in [3.8, 4) is 0 Å². The van der Waals surface area contributed by atoms with Gasteiger partial charge in [-0.2, -0.15) is 0 Å². The van der Waals surface area contributed by atoms with Crippen LogP contribution < -0.4 is 5.32 Å². The van der Waals surface area contributed by atoms with Gasteiger partial charge in [-0.25, -0.2) is 0 Å². The van der Waals surface area contributed by atoms with E-state index in [1.54, 1.807) is 19.0 Å². The van der Waals surface area contributed by atoms with Crippen molar-refractivity contribution in [2.75, 3.05) is 21.1 Å². The van der Waals surface area contributed by atoms with Crippen LogP contribution in [0.1, 0.15) is 27.7 Å². The van der Waals surface area contributed by atoms with E-state index in [1.807, 2.05) is 34.7 Å². The first kappa shape index (κ1) is 14.9. The van der Waals surface area contributed by atoms with Crippen LogP contribution in [-0.2, 0) is 4.79 Å². The number of carbonyl (C=O) groups is 1. The van der Waals surface area contributed by atoms with Gasteiger partial charge in [0.2, 0.25) is 5.91 Å². The molecule has 0 fully saturated rings. The molecular formula is C10H24N2O. The molecule has 0 bridgehead atoms. The maximum atomic E-state index is 11.4. The second kappa shape index (κ2) is 8.05. The molecule has 0 aliphatic heterocycles. The van der Waals surface area contributed by atoms with E-state index in [4.69, 9.17) is 0 Å². The first-order valence-corrected chi connectivity index (χ1v) is 4.89. The molecule has 0 spiro atoms. The molecule has 0 rings (SSSR count). The lowest BCUT2D eigenvalue weighted by Crippen LogP contribution is -2.45. The molecule has 0 aromatic rings. The molecule has 0 aliphatic rings.